The van der Waals surface area contributed by atoms with Crippen molar-refractivity contribution in [3.05, 3.63) is 5.01 Å². The minimum absolute atomic E-state index is 0.530. The molecule has 0 unspecified atom stereocenters. The Balaban J connectivity index is 2.12. The molecular formula is C11H21N3O2S. The first-order chi connectivity index (χ1) is 8.22. The van der Waals surface area contributed by atoms with E-state index in [1.807, 2.05) is 0 Å². The number of rotatable bonds is 9. The lowest BCUT2D eigenvalue weighted by Crippen LogP contribution is -2.11. The van der Waals surface area contributed by atoms with Gasteiger partial charge in [-0.15, -0.1) is 10.2 Å². The first-order valence-electron chi connectivity index (χ1n) is 5.96. The van der Waals surface area contributed by atoms with Gasteiger partial charge in [-0.25, -0.2) is 0 Å². The molecule has 0 amide bonds. The van der Waals surface area contributed by atoms with Crippen LogP contribution in [0.5, 0.6) is 5.19 Å². The lowest BCUT2D eigenvalue weighted by atomic mass is 10.2. The topological polar surface area (TPSA) is 56.3 Å². The summed E-state index contributed by atoms with van der Waals surface area (Å²) in [6.45, 7) is 9.88. The molecule has 6 heteroatoms. The van der Waals surface area contributed by atoms with Crippen molar-refractivity contribution in [1.29, 1.82) is 0 Å². The largest absolute Gasteiger partial charge is 0.466 e. The molecule has 0 aliphatic rings. The van der Waals surface area contributed by atoms with Crippen molar-refractivity contribution in [3.63, 3.8) is 0 Å². The van der Waals surface area contributed by atoms with E-state index in [1.165, 1.54) is 11.3 Å². The molecule has 1 aromatic rings. The van der Waals surface area contributed by atoms with Crippen LogP contribution < -0.4 is 10.1 Å². The first-order valence-corrected chi connectivity index (χ1v) is 6.77. The third-order valence-electron chi connectivity index (χ3n) is 1.88. The number of nitrogens with one attached hydrogen (secondary N) is 1. The number of ether oxygens (including phenoxy) is 2. The molecule has 0 atom stereocenters. The highest BCUT2D eigenvalue weighted by Gasteiger charge is 2.04. The van der Waals surface area contributed by atoms with E-state index >= 15 is 0 Å². The van der Waals surface area contributed by atoms with Gasteiger partial charge in [-0.1, -0.05) is 32.1 Å². The Morgan fingerprint density at radius 3 is 2.82 bits per heavy atom. The van der Waals surface area contributed by atoms with Crippen molar-refractivity contribution in [2.45, 2.75) is 27.3 Å². The highest BCUT2D eigenvalue weighted by molar-refractivity contribution is 7.13. The molecule has 0 spiro atoms. The van der Waals surface area contributed by atoms with Gasteiger partial charge in [-0.2, -0.15) is 0 Å². The Hall–Kier alpha value is -0.720. The van der Waals surface area contributed by atoms with Gasteiger partial charge in [0.1, 0.15) is 11.6 Å². The average molecular weight is 259 g/mol. The van der Waals surface area contributed by atoms with Crippen LogP contribution in [0.3, 0.4) is 0 Å². The van der Waals surface area contributed by atoms with Gasteiger partial charge in [0.15, 0.2) is 0 Å². The molecule has 5 nitrogen and oxygen atoms in total. The lowest BCUT2D eigenvalue weighted by molar-refractivity contribution is 0.0816. The summed E-state index contributed by atoms with van der Waals surface area (Å²) < 4.78 is 10.8. The molecule has 0 radical (unpaired) electrons. The van der Waals surface area contributed by atoms with Crippen LogP contribution in [0.4, 0.5) is 0 Å². The van der Waals surface area contributed by atoms with E-state index in [2.05, 4.69) is 36.3 Å². The van der Waals surface area contributed by atoms with Gasteiger partial charge < -0.3 is 14.8 Å². The van der Waals surface area contributed by atoms with Crippen molar-refractivity contribution in [1.82, 2.24) is 15.5 Å². The molecule has 0 aliphatic carbocycles. The zero-order valence-corrected chi connectivity index (χ0v) is 11.5. The zero-order chi connectivity index (χ0) is 12.5. The van der Waals surface area contributed by atoms with Gasteiger partial charge in [0.05, 0.1) is 6.61 Å². The SMILES string of the molecule is CCNCc1nnc(OCCOCC(C)C)s1. The predicted octanol–water partition coefficient (Wildman–Crippen LogP) is 1.70. The van der Waals surface area contributed by atoms with Crippen LogP contribution in [0.25, 0.3) is 0 Å². The number of nitrogens with zero attached hydrogens (tertiary/aromatic N) is 2. The average Bonchev–Trinajstić information content (AvgIpc) is 2.73. The Labute approximate surface area is 107 Å². The van der Waals surface area contributed by atoms with Crippen LogP contribution in [0.2, 0.25) is 0 Å². The van der Waals surface area contributed by atoms with Crippen LogP contribution >= 0.6 is 11.3 Å². The molecule has 1 N–H and O–H groups in total. The van der Waals surface area contributed by atoms with Gasteiger partial charge in [0, 0.05) is 13.2 Å². The number of aromatic nitrogens is 2. The summed E-state index contributed by atoms with van der Waals surface area (Å²) in [5.74, 6) is 0.559. The van der Waals surface area contributed by atoms with Crippen molar-refractivity contribution in [2.24, 2.45) is 5.92 Å². The van der Waals surface area contributed by atoms with Crippen LogP contribution in [-0.4, -0.2) is 36.6 Å². The quantitative estimate of drug-likeness (QED) is 0.684. The van der Waals surface area contributed by atoms with Crippen molar-refractivity contribution >= 4 is 11.3 Å². The molecule has 1 rings (SSSR count). The molecule has 0 fully saturated rings. The normalized spacial score (nSPS) is 11.1. The van der Waals surface area contributed by atoms with Crippen molar-refractivity contribution in [2.75, 3.05) is 26.4 Å². The van der Waals surface area contributed by atoms with E-state index in [-0.39, 0.29) is 0 Å². The third kappa shape index (κ3) is 6.55. The second-order valence-corrected chi connectivity index (χ2v) is 5.08. The Morgan fingerprint density at radius 2 is 2.12 bits per heavy atom. The molecule has 98 valence electrons. The second-order valence-electron chi connectivity index (χ2n) is 4.06. The predicted molar refractivity (Wildman–Crippen MR) is 68.4 cm³/mol. The molecule has 0 aromatic carbocycles. The van der Waals surface area contributed by atoms with Gasteiger partial charge in [0.2, 0.25) is 0 Å². The summed E-state index contributed by atoms with van der Waals surface area (Å²) in [4.78, 5) is 0. The summed E-state index contributed by atoms with van der Waals surface area (Å²) in [6, 6.07) is 0. The van der Waals surface area contributed by atoms with E-state index in [9.17, 15) is 0 Å². The minimum atomic E-state index is 0.530. The zero-order valence-electron chi connectivity index (χ0n) is 10.7. The fourth-order valence-corrected chi connectivity index (χ4v) is 1.79. The van der Waals surface area contributed by atoms with Crippen LogP contribution in [-0.2, 0) is 11.3 Å². The van der Waals surface area contributed by atoms with Crippen LogP contribution in [0.15, 0.2) is 0 Å². The van der Waals surface area contributed by atoms with Gasteiger partial charge in [-0.05, 0) is 12.5 Å². The maximum atomic E-state index is 5.44. The summed E-state index contributed by atoms with van der Waals surface area (Å²) in [5.41, 5.74) is 0. The van der Waals surface area contributed by atoms with Crippen molar-refractivity contribution in [3.8, 4) is 5.19 Å². The van der Waals surface area contributed by atoms with Crippen LogP contribution in [0.1, 0.15) is 25.8 Å². The monoisotopic (exact) mass is 259 g/mol. The smallest absolute Gasteiger partial charge is 0.294 e. The van der Waals surface area contributed by atoms with E-state index in [0.29, 0.717) is 24.3 Å². The molecule has 17 heavy (non-hydrogen) atoms. The van der Waals surface area contributed by atoms with Gasteiger partial charge in [0.25, 0.3) is 5.19 Å². The van der Waals surface area contributed by atoms with Crippen LogP contribution in [0, 0.1) is 5.92 Å². The van der Waals surface area contributed by atoms with Gasteiger partial charge >= 0.3 is 0 Å². The highest BCUT2D eigenvalue weighted by atomic mass is 32.1. The third-order valence-corrected chi connectivity index (χ3v) is 2.71. The maximum absolute atomic E-state index is 5.44. The fraction of sp³-hybridized carbons (Fsp3) is 0.818. The molecule has 0 saturated carbocycles. The molecular weight excluding hydrogens is 238 g/mol. The Kier molecular flexibility index (Phi) is 7.07. The lowest BCUT2D eigenvalue weighted by Gasteiger charge is -2.06. The minimum Gasteiger partial charge on any atom is -0.466 e. The second kappa shape index (κ2) is 8.38. The molecule has 0 aliphatic heterocycles. The molecule has 0 saturated heterocycles. The standard InChI is InChI=1S/C11H21N3O2S/c1-4-12-7-10-13-14-11(17-10)16-6-5-15-8-9(2)3/h9,12H,4-8H2,1-3H3. The Bertz CT molecular complexity index is 305. The Morgan fingerprint density at radius 1 is 1.29 bits per heavy atom. The number of hydrogen-bond acceptors (Lipinski definition) is 6. The molecule has 1 heterocycles. The summed E-state index contributed by atoms with van der Waals surface area (Å²) in [5, 5.41) is 12.7. The summed E-state index contributed by atoms with van der Waals surface area (Å²) in [6.07, 6.45) is 0. The number of hydrogen-bond donors (Lipinski definition) is 1. The van der Waals surface area contributed by atoms with Gasteiger partial charge in [-0.3, -0.25) is 0 Å². The highest BCUT2D eigenvalue weighted by Crippen LogP contribution is 2.17. The van der Waals surface area contributed by atoms with E-state index < -0.39 is 0 Å². The fourth-order valence-electron chi connectivity index (χ4n) is 1.11. The summed E-state index contributed by atoms with van der Waals surface area (Å²) in [7, 11) is 0. The maximum Gasteiger partial charge on any atom is 0.294 e. The summed E-state index contributed by atoms with van der Waals surface area (Å²) >= 11 is 1.47. The van der Waals surface area contributed by atoms with E-state index in [1.54, 1.807) is 0 Å². The molecule has 0 bridgehead atoms. The first kappa shape index (κ1) is 14.3. The van der Waals surface area contributed by atoms with Crippen molar-refractivity contribution < 1.29 is 9.47 Å². The van der Waals surface area contributed by atoms with E-state index in [0.717, 1.165) is 24.7 Å². The van der Waals surface area contributed by atoms with E-state index in [4.69, 9.17) is 9.47 Å². The molecule has 1 aromatic heterocycles.